The highest BCUT2D eigenvalue weighted by atomic mass is 16.5. The van der Waals surface area contributed by atoms with Gasteiger partial charge in [0.05, 0.1) is 55.4 Å². The van der Waals surface area contributed by atoms with E-state index in [1.807, 2.05) is 6.07 Å². The number of H-pyrrole nitrogens is 1. The first kappa shape index (κ1) is 25.2. The average molecular weight is 542 g/mol. The molecule has 1 aromatic heterocycles. The minimum atomic E-state index is -0.510. The topological polar surface area (TPSA) is 101 Å². The smallest absolute Gasteiger partial charge is 0.235 e. The third-order valence-corrected chi connectivity index (χ3v) is 9.47. The summed E-state index contributed by atoms with van der Waals surface area (Å²) in [4.78, 5) is 15.5. The Hall–Kier alpha value is -3.82. The van der Waals surface area contributed by atoms with E-state index < -0.39 is 5.41 Å². The first-order valence-electron chi connectivity index (χ1n) is 13.8. The molecule has 2 fully saturated rings. The standard InChI is InChI=1S/C31H35N5O4/c1-17-10-20(38-4)13-22-27(17)33-29(37)31(22)14-23(31)18-6-8-21-24(11-18)34-35-28(21)32-25-12-19(7-9-26(25)39-5)30(36(2)3)15-40-16-30/h6-9,11-13,17,23H,10,14-16H2,1-5H3,(H,33,37)(H2,32,34,35)/t17?,23-,31-/m0/s1. The number of hydrogen-bond acceptors (Lipinski definition) is 7. The van der Waals surface area contributed by atoms with Crippen LogP contribution in [-0.4, -0.2) is 62.5 Å². The fraction of sp³-hybridized carbons (Fsp3) is 0.419. The zero-order valence-corrected chi connectivity index (χ0v) is 23.6. The molecule has 1 amide bonds. The third kappa shape index (κ3) is 3.47. The van der Waals surface area contributed by atoms with Gasteiger partial charge in [-0.1, -0.05) is 19.1 Å². The molecule has 2 aromatic carbocycles. The molecular formula is C31H35N5O4. The number of benzene rings is 2. The summed E-state index contributed by atoms with van der Waals surface area (Å²) in [5.41, 5.74) is 5.57. The van der Waals surface area contributed by atoms with Crippen molar-refractivity contribution < 1.29 is 19.0 Å². The maximum absolute atomic E-state index is 13.3. The van der Waals surface area contributed by atoms with Crippen LogP contribution < -0.4 is 15.4 Å². The molecule has 208 valence electrons. The molecule has 4 aliphatic rings. The lowest BCUT2D eigenvalue weighted by Gasteiger charge is -2.47. The van der Waals surface area contributed by atoms with Gasteiger partial charge in [-0.15, -0.1) is 0 Å². The fourth-order valence-corrected chi connectivity index (χ4v) is 6.79. The van der Waals surface area contributed by atoms with Gasteiger partial charge in [-0.05, 0) is 67.6 Å². The minimum absolute atomic E-state index is 0.106. The van der Waals surface area contributed by atoms with Crippen LogP contribution in [0.25, 0.3) is 10.9 Å². The Kier molecular flexibility index (Phi) is 5.56. The van der Waals surface area contributed by atoms with Crippen molar-refractivity contribution in [1.29, 1.82) is 0 Å². The fourth-order valence-electron chi connectivity index (χ4n) is 6.79. The van der Waals surface area contributed by atoms with Gasteiger partial charge in [-0.2, -0.15) is 5.10 Å². The van der Waals surface area contributed by atoms with Crippen molar-refractivity contribution in [1.82, 2.24) is 20.4 Å². The van der Waals surface area contributed by atoms with Crippen molar-refractivity contribution >= 4 is 28.3 Å². The zero-order valence-electron chi connectivity index (χ0n) is 23.6. The predicted molar refractivity (Wildman–Crippen MR) is 152 cm³/mol. The van der Waals surface area contributed by atoms with E-state index in [1.165, 1.54) is 5.56 Å². The minimum Gasteiger partial charge on any atom is -0.501 e. The van der Waals surface area contributed by atoms with Gasteiger partial charge in [0.1, 0.15) is 5.75 Å². The summed E-state index contributed by atoms with van der Waals surface area (Å²) >= 11 is 0. The van der Waals surface area contributed by atoms with E-state index in [-0.39, 0.29) is 23.3 Å². The number of fused-ring (bicyclic) bond motifs is 2. The first-order valence-corrected chi connectivity index (χ1v) is 13.8. The lowest BCUT2D eigenvalue weighted by molar-refractivity contribution is -0.130. The molecular weight excluding hydrogens is 506 g/mol. The number of allylic oxidation sites excluding steroid dienone is 3. The lowest BCUT2D eigenvalue weighted by atomic mass is 9.84. The van der Waals surface area contributed by atoms with E-state index in [9.17, 15) is 4.79 Å². The SMILES string of the molecule is COC1=CC2=C(NC(=O)[C@@]23C[C@H]3c2ccc3c(Nc4cc(C5(N(C)C)COC5)ccc4OC)n[nH]c3c2)C(C)C1. The van der Waals surface area contributed by atoms with E-state index in [2.05, 4.69) is 83.2 Å². The van der Waals surface area contributed by atoms with Gasteiger partial charge >= 0.3 is 0 Å². The Morgan fingerprint density at radius 2 is 1.95 bits per heavy atom. The van der Waals surface area contributed by atoms with E-state index in [0.29, 0.717) is 13.2 Å². The highest BCUT2D eigenvalue weighted by molar-refractivity contribution is 5.98. The molecule has 1 spiro atoms. The number of nitrogens with zero attached hydrogens (tertiary/aromatic N) is 2. The molecule has 0 radical (unpaired) electrons. The van der Waals surface area contributed by atoms with Gasteiger partial charge in [0, 0.05) is 29.3 Å². The van der Waals surface area contributed by atoms with Crippen LogP contribution in [0.1, 0.15) is 36.8 Å². The van der Waals surface area contributed by atoms with Gasteiger partial charge in [0.15, 0.2) is 5.82 Å². The van der Waals surface area contributed by atoms with Crippen LogP contribution >= 0.6 is 0 Å². The molecule has 2 aliphatic heterocycles. The van der Waals surface area contributed by atoms with Crippen LogP contribution in [0.3, 0.4) is 0 Å². The molecule has 7 rings (SSSR count). The van der Waals surface area contributed by atoms with Crippen molar-refractivity contribution in [2.75, 3.05) is 46.8 Å². The number of aromatic amines is 1. The number of likely N-dealkylation sites (N-methyl/N-ethyl adjacent to an activating group) is 1. The highest BCUT2D eigenvalue weighted by Crippen LogP contribution is 2.68. The summed E-state index contributed by atoms with van der Waals surface area (Å²) in [5, 5.41) is 15.5. The molecule has 1 saturated heterocycles. The summed E-state index contributed by atoms with van der Waals surface area (Å²) in [6.07, 6.45) is 3.69. The number of carbonyl (C=O) groups excluding carboxylic acids is 1. The molecule has 1 unspecified atom stereocenters. The molecule has 3 atom stereocenters. The lowest BCUT2D eigenvalue weighted by Crippen LogP contribution is -2.56. The second-order valence-electron chi connectivity index (χ2n) is 11.8. The quantitative estimate of drug-likeness (QED) is 0.404. The molecule has 2 aliphatic carbocycles. The monoisotopic (exact) mass is 541 g/mol. The first-order chi connectivity index (χ1) is 19.3. The Bertz CT molecular complexity index is 1600. The summed E-state index contributed by atoms with van der Waals surface area (Å²) in [6.45, 7) is 3.45. The molecule has 0 bridgehead atoms. The van der Waals surface area contributed by atoms with Crippen LogP contribution in [0.4, 0.5) is 11.5 Å². The number of methoxy groups -OCH3 is 2. The number of ether oxygens (including phenoxy) is 3. The molecule has 9 nitrogen and oxygen atoms in total. The maximum Gasteiger partial charge on any atom is 0.235 e. The predicted octanol–water partition coefficient (Wildman–Crippen LogP) is 4.53. The second kappa shape index (κ2) is 8.84. The van der Waals surface area contributed by atoms with Crippen molar-refractivity contribution in [2.45, 2.75) is 31.2 Å². The van der Waals surface area contributed by atoms with Gasteiger partial charge in [-0.3, -0.25) is 14.8 Å². The largest absolute Gasteiger partial charge is 0.501 e. The van der Waals surface area contributed by atoms with Crippen molar-refractivity contribution in [2.24, 2.45) is 11.3 Å². The Labute approximate surface area is 233 Å². The number of anilines is 2. The summed E-state index contributed by atoms with van der Waals surface area (Å²) < 4.78 is 16.9. The molecule has 3 aromatic rings. The third-order valence-electron chi connectivity index (χ3n) is 9.47. The molecule has 3 heterocycles. The van der Waals surface area contributed by atoms with Gasteiger partial charge in [0.2, 0.25) is 5.91 Å². The number of hydrogen-bond donors (Lipinski definition) is 3. The number of carbonyl (C=O) groups is 1. The van der Waals surface area contributed by atoms with Crippen LogP contribution in [0.2, 0.25) is 0 Å². The van der Waals surface area contributed by atoms with Crippen LogP contribution in [0.15, 0.2) is 59.5 Å². The number of aromatic nitrogens is 2. The number of nitrogens with one attached hydrogen (secondary N) is 3. The van der Waals surface area contributed by atoms with Gasteiger partial charge < -0.3 is 24.8 Å². The molecule has 3 N–H and O–H groups in total. The zero-order chi connectivity index (χ0) is 27.8. The summed E-state index contributed by atoms with van der Waals surface area (Å²) in [6, 6.07) is 12.6. The van der Waals surface area contributed by atoms with Crippen LogP contribution in [0, 0.1) is 11.3 Å². The molecule has 1 saturated carbocycles. The second-order valence-corrected chi connectivity index (χ2v) is 11.8. The summed E-state index contributed by atoms with van der Waals surface area (Å²) in [7, 11) is 7.54. The van der Waals surface area contributed by atoms with Gasteiger partial charge in [0.25, 0.3) is 0 Å². The van der Waals surface area contributed by atoms with Crippen LogP contribution in [-0.2, 0) is 19.8 Å². The van der Waals surface area contributed by atoms with E-state index >= 15 is 0 Å². The van der Waals surface area contributed by atoms with E-state index in [0.717, 1.165) is 63.6 Å². The Balaban J connectivity index is 1.19. The van der Waals surface area contributed by atoms with E-state index in [1.54, 1.807) is 14.2 Å². The van der Waals surface area contributed by atoms with Crippen molar-refractivity contribution in [3.05, 3.63) is 70.6 Å². The van der Waals surface area contributed by atoms with Crippen molar-refractivity contribution in [3.8, 4) is 5.75 Å². The van der Waals surface area contributed by atoms with E-state index in [4.69, 9.17) is 14.2 Å². The van der Waals surface area contributed by atoms with Gasteiger partial charge in [-0.25, -0.2) is 0 Å². The molecule has 40 heavy (non-hydrogen) atoms. The normalized spacial score (nSPS) is 26.4. The highest BCUT2D eigenvalue weighted by Gasteiger charge is 2.66. The number of amides is 1. The Morgan fingerprint density at radius 1 is 1.12 bits per heavy atom. The maximum atomic E-state index is 13.3. The molecule has 9 heteroatoms. The number of rotatable bonds is 7. The Morgan fingerprint density at radius 3 is 2.65 bits per heavy atom. The van der Waals surface area contributed by atoms with Crippen molar-refractivity contribution in [3.63, 3.8) is 0 Å². The summed E-state index contributed by atoms with van der Waals surface area (Å²) in [5.74, 6) is 2.87. The average Bonchev–Trinajstić information content (AvgIpc) is 3.46. The van der Waals surface area contributed by atoms with Crippen LogP contribution in [0.5, 0.6) is 5.75 Å².